The van der Waals surface area contributed by atoms with Crippen LogP contribution in [0.25, 0.3) is 0 Å². The summed E-state index contributed by atoms with van der Waals surface area (Å²) in [6.45, 7) is 0. The van der Waals surface area contributed by atoms with Crippen LogP contribution in [0.5, 0.6) is 0 Å². The molecule has 7 heteroatoms. The van der Waals surface area contributed by atoms with Gasteiger partial charge in [-0.3, -0.25) is 4.79 Å². The maximum atomic E-state index is 11.9. The number of carbonyl (C=O) groups excluding carboxylic acids is 1. The maximum Gasteiger partial charge on any atom is 0.276 e. The highest BCUT2D eigenvalue weighted by atomic mass is 127. The third kappa shape index (κ3) is 3.16. The van der Waals surface area contributed by atoms with Crippen molar-refractivity contribution in [2.45, 2.75) is 0 Å². The average molecular weight is 419 g/mol. The van der Waals surface area contributed by atoms with Gasteiger partial charge in [0.1, 0.15) is 5.82 Å². The molecule has 1 heterocycles. The Hall–Kier alpha value is -1.22. The van der Waals surface area contributed by atoms with Crippen LogP contribution < -0.4 is 11.1 Å². The van der Waals surface area contributed by atoms with E-state index in [1.165, 1.54) is 12.1 Å². The second-order valence-corrected chi connectivity index (χ2v) is 5.50. The molecule has 2 aromatic rings. The number of halogens is 2. The van der Waals surface area contributed by atoms with Crippen LogP contribution in [0, 0.1) is 3.57 Å². The molecule has 0 spiro atoms. The van der Waals surface area contributed by atoms with Gasteiger partial charge in [0.15, 0.2) is 5.69 Å². The Morgan fingerprint density at radius 2 is 2.06 bits per heavy atom. The standard InChI is InChI=1S/C11H8BrIN4O/c12-6-1-2-7(13)9(5-6)15-11(18)8-3-4-10(14)17-16-8/h1-5H,(H2,14,17)(H,15,18). The number of rotatable bonds is 2. The summed E-state index contributed by atoms with van der Waals surface area (Å²) in [5.41, 5.74) is 6.35. The van der Waals surface area contributed by atoms with Crippen LogP contribution in [-0.4, -0.2) is 16.1 Å². The molecule has 0 fully saturated rings. The van der Waals surface area contributed by atoms with Crippen LogP contribution in [-0.2, 0) is 0 Å². The van der Waals surface area contributed by atoms with Crippen molar-refractivity contribution < 1.29 is 4.79 Å². The lowest BCUT2D eigenvalue weighted by Gasteiger charge is -2.07. The number of carbonyl (C=O) groups is 1. The van der Waals surface area contributed by atoms with E-state index in [1.807, 2.05) is 18.2 Å². The summed E-state index contributed by atoms with van der Waals surface area (Å²) in [5, 5.41) is 10.1. The summed E-state index contributed by atoms with van der Waals surface area (Å²) in [4.78, 5) is 11.9. The van der Waals surface area contributed by atoms with Gasteiger partial charge in [0.2, 0.25) is 0 Å². The maximum absolute atomic E-state index is 11.9. The fourth-order valence-corrected chi connectivity index (χ4v) is 2.07. The van der Waals surface area contributed by atoms with Gasteiger partial charge in [0.05, 0.1) is 5.69 Å². The van der Waals surface area contributed by atoms with Crippen molar-refractivity contribution in [2.24, 2.45) is 0 Å². The van der Waals surface area contributed by atoms with Gasteiger partial charge in [-0.25, -0.2) is 0 Å². The van der Waals surface area contributed by atoms with Crippen molar-refractivity contribution in [3.05, 3.63) is 44.1 Å². The second-order valence-electron chi connectivity index (χ2n) is 3.42. The Bertz CT molecular complexity index is 588. The van der Waals surface area contributed by atoms with Gasteiger partial charge in [-0.2, -0.15) is 0 Å². The van der Waals surface area contributed by atoms with Gasteiger partial charge in [-0.15, -0.1) is 10.2 Å². The molecule has 1 aromatic heterocycles. The van der Waals surface area contributed by atoms with Gasteiger partial charge in [-0.05, 0) is 52.9 Å². The summed E-state index contributed by atoms with van der Waals surface area (Å²) in [6.07, 6.45) is 0. The number of hydrogen-bond acceptors (Lipinski definition) is 4. The number of aromatic nitrogens is 2. The van der Waals surface area contributed by atoms with Gasteiger partial charge in [0.25, 0.3) is 5.91 Å². The minimum atomic E-state index is -0.321. The molecule has 1 aromatic carbocycles. The highest BCUT2D eigenvalue weighted by Gasteiger charge is 2.10. The smallest absolute Gasteiger partial charge is 0.276 e. The molecule has 0 saturated heterocycles. The largest absolute Gasteiger partial charge is 0.382 e. The van der Waals surface area contributed by atoms with Crippen molar-refractivity contribution in [3.63, 3.8) is 0 Å². The molecule has 0 bridgehead atoms. The molecule has 0 atom stereocenters. The third-order valence-corrected chi connectivity index (χ3v) is 3.53. The summed E-state index contributed by atoms with van der Waals surface area (Å²) in [7, 11) is 0. The quantitative estimate of drug-likeness (QED) is 0.734. The van der Waals surface area contributed by atoms with Crippen LogP contribution in [0.4, 0.5) is 11.5 Å². The summed E-state index contributed by atoms with van der Waals surface area (Å²) in [6, 6.07) is 8.69. The third-order valence-electron chi connectivity index (χ3n) is 2.09. The van der Waals surface area contributed by atoms with Gasteiger partial charge >= 0.3 is 0 Å². The number of nitrogens with two attached hydrogens (primary N) is 1. The Balaban J connectivity index is 2.21. The molecule has 0 unspecified atom stereocenters. The molecule has 2 rings (SSSR count). The number of hydrogen-bond donors (Lipinski definition) is 2. The Morgan fingerprint density at radius 1 is 1.28 bits per heavy atom. The van der Waals surface area contributed by atoms with Gasteiger partial charge < -0.3 is 11.1 Å². The molecule has 92 valence electrons. The van der Waals surface area contributed by atoms with Crippen molar-refractivity contribution >= 4 is 55.9 Å². The topological polar surface area (TPSA) is 80.9 Å². The van der Waals surface area contributed by atoms with Crippen molar-refractivity contribution in [2.75, 3.05) is 11.1 Å². The first-order valence-corrected chi connectivity index (χ1v) is 6.79. The molecule has 5 nitrogen and oxygen atoms in total. The molecule has 3 N–H and O–H groups in total. The fourth-order valence-electron chi connectivity index (χ4n) is 1.24. The number of nitrogens with zero attached hydrogens (tertiary/aromatic N) is 2. The molecule has 0 aliphatic heterocycles. The predicted octanol–water partition coefficient (Wildman–Crippen LogP) is 2.68. The summed E-state index contributed by atoms with van der Waals surface area (Å²) >= 11 is 5.50. The molecule has 0 radical (unpaired) electrons. The van der Waals surface area contributed by atoms with Crippen LogP contribution in [0.1, 0.15) is 10.5 Å². The van der Waals surface area contributed by atoms with Crippen LogP contribution >= 0.6 is 38.5 Å². The van der Waals surface area contributed by atoms with E-state index in [-0.39, 0.29) is 17.4 Å². The molecule has 0 aliphatic rings. The van der Waals surface area contributed by atoms with Crippen molar-refractivity contribution in [1.82, 2.24) is 10.2 Å². The van der Waals surface area contributed by atoms with E-state index in [9.17, 15) is 4.79 Å². The first kappa shape index (κ1) is 13.2. The minimum absolute atomic E-state index is 0.222. The lowest BCUT2D eigenvalue weighted by molar-refractivity contribution is 0.102. The number of nitrogen functional groups attached to an aromatic ring is 1. The van der Waals surface area contributed by atoms with Crippen molar-refractivity contribution in [1.29, 1.82) is 0 Å². The molecular weight excluding hydrogens is 411 g/mol. The van der Waals surface area contributed by atoms with E-state index in [0.29, 0.717) is 5.69 Å². The molecular formula is C11H8BrIN4O. The first-order valence-electron chi connectivity index (χ1n) is 4.92. The molecule has 0 saturated carbocycles. The predicted molar refractivity (Wildman–Crippen MR) is 81.3 cm³/mol. The van der Waals surface area contributed by atoms with Gasteiger partial charge in [0, 0.05) is 8.04 Å². The number of nitrogens with one attached hydrogen (secondary N) is 1. The highest BCUT2D eigenvalue weighted by Crippen LogP contribution is 2.23. The fraction of sp³-hybridized carbons (Fsp3) is 0. The lowest BCUT2D eigenvalue weighted by atomic mass is 10.3. The van der Waals surface area contributed by atoms with E-state index in [1.54, 1.807) is 0 Å². The zero-order valence-corrected chi connectivity index (χ0v) is 12.8. The first-order chi connectivity index (χ1) is 8.56. The second kappa shape index (κ2) is 5.61. The zero-order chi connectivity index (χ0) is 13.1. The van der Waals surface area contributed by atoms with E-state index in [4.69, 9.17) is 5.73 Å². The highest BCUT2D eigenvalue weighted by molar-refractivity contribution is 14.1. The number of amides is 1. The van der Waals surface area contributed by atoms with Crippen molar-refractivity contribution in [3.8, 4) is 0 Å². The Labute approximate surface area is 125 Å². The summed E-state index contributed by atoms with van der Waals surface area (Å²) < 4.78 is 1.83. The van der Waals surface area contributed by atoms with E-state index in [0.717, 1.165) is 8.04 Å². The average Bonchev–Trinajstić information content (AvgIpc) is 2.34. The van der Waals surface area contributed by atoms with Crippen LogP contribution in [0.15, 0.2) is 34.8 Å². The van der Waals surface area contributed by atoms with E-state index in [2.05, 4.69) is 54.0 Å². The SMILES string of the molecule is Nc1ccc(C(=O)Nc2cc(Br)ccc2I)nn1. The molecule has 0 aliphatic carbocycles. The zero-order valence-electron chi connectivity index (χ0n) is 9.02. The van der Waals surface area contributed by atoms with Gasteiger partial charge in [-0.1, -0.05) is 15.9 Å². The number of anilines is 2. The summed E-state index contributed by atoms with van der Waals surface area (Å²) in [5.74, 6) is -0.0397. The normalized spacial score (nSPS) is 10.1. The molecule has 18 heavy (non-hydrogen) atoms. The lowest BCUT2D eigenvalue weighted by Crippen LogP contribution is -2.15. The van der Waals surface area contributed by atoms with E-state index < -0.39 is 0 Å². The van der Waals surface area contributed by atoms with Crippen LogP contribution in [0.3, 0.4) is 0 Å². The Morgan fingerprint density at radius 3 is 2.72 bits per heavy atom. The van der Waals surface area contributed by atoms with E-state index >= 15 is 0 Å². The monoisotopic (exact) mass is 418 g/mol. The minimum Gasteiger partial charge on any atom is -0.382 e. The Kier molecular flexibility index (Phi) is 4.12. The van der Waals surface area contributed by atoms with Crippen LogP contribution in [0.2, 0.25) is 0 Å². The molecule has 1 amide bonds. The number of benzene rings is 1.